The van der Waals surface area contributed by atoms with Gasteiger partial charge in [0.05, 0.1) is 10.2 Å². The number of anilines is 1. The molecule has 19 heavy (non-hydrogen) atoms. The highest BCUT2D eigenvalue weighted by molar-refractivity contribution is 9.10. The number of halogens is 2. The average molecular weight is 353 g/mol. The van der Waals surface area contributed by atoms with Gasteiger partial charge in [-0.25, -0.2) is 17.5 Å². The van der Waals surface area contributed by atoms with Crippen molar-refractivity contribution >= 4 is 31.6 Å². The first-order valence-electron chi connectivity index (χ1n) is 6.04. The molecule has 1 unspecified atom stereocenters. The van der Waals surface area contributed by atoms with E-state index in [2.05, 4.69) is 20.7 Å². The first-order chi connectivity index (χ1) is 8.77. The maximum Gasteiger partial charge on any atom is 0.242 e. The van der Waals surface area contributed by atoms with Gasteiger partial charge in [0.2, 0.25) is 10.0 Å². The zero-order chi connectivity index (χ0) is 14.6. The van der Waals surface area contributed by atoms with Crippen molar-refractivity contribution in [3.05, 3.63) is 22.4 Å². The van der Waals surface area contributed by atoms with Crippen molar-refractivity contribution in [2.75, 3.05) is 5.73 Å². The lowest BCUT2D eigenvalue weighted by Crippen LogP contribution is -2.33. The summed E-state index contributed by atoms with van der Waals surface area (Å²) in [7, 11) is -3.73. The van der Waals surface area contributed by atoms with Gasteiger partial charge in [-0.3, -0.25) is 0 Å². The molecular weight excluding hydrogens is 335 g/mol. The standard InChI is InChI=1S/C12H18BrFN2O2S/c1-3-4-5-8(2)16-19(17,18)12-6-9(13)10(14)7-11(12)15/h6-8,16H,3-5,15H2,1-2H3. The minimum atomic E-state index is -3.73. The number of unbranched alkanes of at least 4 members (excludes halogenated alkanes) is 1. The first kappa shape index (κ1) is 16.4. The summed E-state index contributed by atoms with van der Waals surface area (Å²) < 4.78 is 40.2. The van der Waals surface area contributed by atoms with Crippen molar-refractivity contribution in [1.29, 1.82) is 0 Å². The third-order valence-electron chi connectivity index (χ3n) is 2.69. The molecule has 0 saturated heterocycles. The van der Waals surface area contributed by atoms with E-state index in [-0.39, 0.29) is 21.1 Å². The van der Waals surface area contributed by atoms with Gasteiger partial charge in [0.1, 0.15) is 10.7 Å². The molecule has 0 radical (unpaired) electrons. The van der Waals surface area contributed by atoms with E-state index in [0.717, 1.165) is 25.3 Å². The molecule has 0 bridgehead atoms. The molecule has 0 saturated carbocycles. The van der Waals surface area contributed by atoms with Gasteiger partial charge in [-0.1, -0.05) is 19.8 Å². The minimum Gasteiger partial charge on any atom is -0.398 e. The monoisotopic (exact) mass is 352 g/mol. The van der Waals surface area contributed by atoms with Crippen LogP contribution >= 0.6 is 15.9 Å². The van der Waals surface area contributed by atoms with E-state index in [4.69, 9.17) is 5.73 Å². The van der Waals surface area contributed by atoms with Crippen molar-refractivity contribution in [1.82, 2.24) is 4.72 Å². The van der Waals surface area contributed by atoms with Crippen molar-refractivity contribution in [2.45, 2.75) is 44.0 Å². The molecule has 0 heterocycles. The van der Waals surface area contributed by atoms with Crippen LogP contribution < -0.4 is 10.5 Å². The average Bonchev–Trinajstić information content (AvgIpc) is 2.30. The van der Waals surface area contributed by atoms with Crippen LogP contribution in [0.3, 0.4) is 0 Å². The summed E-state index contributed by atoms with van der Waals surface area (Å²) in [4.78, 5) is -0.107. The second-order valence-corrected chi connectivity index (χ2v) is 7.01. The fourth-order valence-corrected chi connectivity index (χ4v) is 3.59. The van der Waals surface area contributed by atoms with Crippen LogP contribution in [0.4, 0.5) is 10.1 Å². The predicted octanol–water partition coefficient (Wildman–Crippen LogP) is 3.03. The Kier molecular flexibility index (Phi) is 5.76. The van der Waals surface area contributed by atoms with E-state index in [9.17, 15) is 12.8 Å². The van der Waals surface area contributed by atoms with E-state index in [0.29, 0.717) is 0 Å². The van der Waals surface area contributed by atoms with Crippen molar-refractivity contribution in [3.8, 4) is 0 Å². The third-order valence-corrected chi connectivity index (χ3v) is 4.94. The number of rotatable bonds is 6. The summed E-state index contributed by atoms with van der Waals surface area (Å²) in [5, 5.41) is 0. The molecule has 1 aromatic rings. The Balaban J connectivity index is 2.98. The highest BCUT2D eigenvalue weighted by Gasteiger charge is 2.21. The molecule has 0 amide bonds. The van der Waals surface area contributed by atoms with Crippen LogP contribution in [-0.2, 0) is 10.0 Å². The van der Waals surface area contributed by atoms with E-state index < -0.39 is 15.8 Å². The molecule has 1 rings (SSSR count). The summed E-state index contributed by atoms with van der Waals surface area (Å²) in [5.74, 6) is -0.588. The van der Waals surface area contributed by atoms with Crippen molar-refractivity contribution < 1.29 is 12.8 Å². The van der Waals surface area contributed by atoms with Gasteiger partial charge in [-0.05, 0) is 41.4 Å². The molecule has 0 fully saturated rings. The Labute approximate surface area is 121 Å². The molecule has 4 nitrogen and oxygen atoms in total. The molecule has 1 atom stereocenters. The number of hydrogen-bond donors (Lipinski definition) is 2. The Morgan fingerprint density at radius 3 is 2.68 bits per heavy atom. The maximum atomic E-state index is 13.2. The van der Waals surface area contributed by atoms with Gasteiger partial charge in [-0.15, -0.1) is 0 Å². The summed E-state index contributed by atoms with van der Waals surface area (Å²) in [5.41, 5.74) is 5.47. The third kappa shape index (κ3) is 4.43. The topological polar surface area (TPSA) is 72.2 Å². The number of nitrogens with two attached hydrogens (primary N) is 1. The molecule has 7 heteroatoms. The summed E-state index contributed by atoms with van der Waals surface area (Å²) in [6.45, 7) is 3.83. The van der Waals surface area contributed by atoms with Crippen LogP contribution in [0.5, 0.6) is 0 Å². The second kappa shape index (κ2) is 6.67. The van der Waals surface area contributed by atoms with Crippen LogP contribution in [0.25, 0.3) is 0 Å². The second-order valence-electron chi connectivity index (χ2n) is 4.47. The Morgan fingerprint density at radius 1 is 1.47 bits per heavy atom. The SMILES string of the molecule is CCCCC(C)NS(=O)(=O)c1cc(Br)c(F)cc1N. The smallest absolute Gasteiger partial charge is 0.242 e. The lowest BCUT2D eigenvalue weighted by atomic mass is 10.2. The fraction of sp³-hybridized carbons (Fsp3) is 0.500. The Morgan fingerprint density at radius 2 is 2.11 bits per heavy atom. The van der Waals surface area contributed by atoms with Gasteiger partial charge in [0, 0.05) is 6.04 Å². The van der Waals surface area contributed by atoms with Gasteiger partial charge >= 0.3 is 0 Å². The maximum absolute atomic E-state index is 13.2. The quantitative estimate of drug-likeness (QED) is 0.772. The Hall–Kier alpha value is -0.660. The zero-order valence-corrected chi connectivity index (χ0v) is 13.3. The number of hydrogen-bond acceptors (Lipinski definition) is 3. The summed E-state index contributed by atoms with van der Waals surface area (Å²) in [6, 6.07) is 1.99. The van der Waals surface area contributed by atoms with Crippen molar-refractivity contribution in [2.24, 2.45) is 0 Å². The lowest BCUT2D eigenvalue weighted by molar-refractivity contribution is 0.534. The highest BCUT2D eigenvalue weighted by Crippen LogP contribution is 2.26. The van der Waals surface area contributed by atoms with Crippen LogP contribution in [-0.4, -0.2) is 14.5 Å². The van der Waals surface area contributed by atoms with E-state index in [1.54, 1.807) is 6.92 Å². The summed E-state index contributed by atoms with van der Waals surface area (Å²) in [6.07, 6.45) is 2.68. The number of nitrogens with one attached hydrogen (secondary N) is 1. The van der Waals surface area contributed by atoms with Gasteiger partial charge in [0.25, 0.3) is 0 Å². The normalized spacial score (nSPS) is 13.5. The van der Waals surface area contributed by atoms with Gasteiger partial charge in [-0.2, -0.15) is 0 Å². The largest absolute Gasteiger partial charge is 0.398 e. The van der Waals surface area contributed by atoms with Crippen LogP contribution in [0, 0.1) is 5.82 Å². The highest BCUT2D eigenvalue weighted by atomic mass is 79.9. The minimum absolute atomic E-state index is 0.0725. The first-order valence-corrected chi connectivity index (χ1v) is 8.32. The molecule has 0 aromatic heterocycles. The molecule has 0 aliphatic heterocycles. The van der Waals surface area contributed by atoms with Gasteiger partial charge < -0.3 is 5.73 Å². The number of sulfonamides is 1. The zero-order valence-electron chi connectivity index (χ0n) is 10.9. The van der Waals surface area contributed by atoms with Crippen molar-refractivity contribution in [3.63, 3.8) is 0 Å². The predicted molar refractivity (Wildman–Crippen MR) is 77.8 cm³/mol. The molecular formula is C12H18BrFN2O2S. The van der Waals surface area contributed by atoms with Crippen LogP contribution in [0.15, 0.2) is 21.5 Å². The van der Waals surface area contributed by atoms with E-state index >= 15 is 0 Å². The van der Waals surface area contributed by atoms with Gasteiger partial charge in [0.15, 0.2) is 0 Å². The molecule has 1 aromatic carbocycles. The van der Waals surface area contributed by atoms with E-state index in [1.807, 2.05) is 6.92 Å². The molecule has 3 N–H and O–H groups in total. The molecule has 108 valence electrons. The molecule has 0 aliphatic rings. The molecule has 0 spiro atoms. The lowest BCUT2D eigenvalue weighted by Gasteiger charge is -2.15. The Bertz CT molecular complexity index is 549. The van der Waals surface area contributed by atoms with E-state index in [1.165, 1.54) is 6.07 Å². The summed E-state index contributed by atoms with van der Waals surface area (Å²) >= 11 is 2.96. The van der Waals surface area contributed by atoms with Crippen LogP contribution in [0.1, 0.15) is 33.1 Å². The number of nitrogen functional groups attached to an aromatic ring is 1. The molecule has 0 aliphatic carbocycles. The van der Waals surface area contributed by atoms with Crippen LogP contribution in [0.2, 0.25) is 0 Å². The number of benzene rings is 1. The fourth-order valence-electron chi connectivity index (χ4n) is 1.67.